The van der Waals surface area contributed by atoms with Gasteiger partial charge in [0.15, 0.2) is 0 Å². The molecule has 1 atom stereocenters. The largest absolute Gasteiger partial charge is 1.00 e. The van der Waals surface area contributed by atoms with Crippen molar-refractivity contribution in [1.82, 2.24) is 0 Å². The van der Waals surface area contributed by atoms with E-state index in [1.165, 1.54) is 12.1 Å². The molecule has 10 heteroatoms. The van der Waals surface area contributed by atoms with Crippen molar-refractivity contribution in [2.24, 2.45) is 0 Å². The standard InChI is InChI=1S/C7H6O3.C5H14NO.Na.H2O3S.H/c8-6-4-2-1-3-5(6)7(9)10;1-6(2,3)4-5-7;;1-4(2)3;/h1-4,8H,(H,9,10);7H,4-5H2,1-3H3;;(H2,1,2,3);/q;2*+1;;-1/p-1. The number of carboxylic acids is 1. The van der Waals surface area contributed by atoms with Gasteiger partial charge < -0.3 is 30.3 Å². The molecule has 1 aromatic rings. The summed E-state index contributed by atoms with van der Waals surface area (Å²) in [6.45, 7) is 1.11. The summed E-state index contributed by atoms with van der Waals surface area (Å²) in [5.41, 5.74) is -0.0671. The van der Waals surface area contributed by atoms with Crippen molar-refractivity contribution in [3.05, 3.63) is 29.8 Å². The van der Waals surface area contributed by atoms with Gasteiger partial charge in [-0.2, -0.15) is 0 Å². The van der Waals surface area contributed by atoms with Gasteiger partial charge in [0.25, 0.3) is 0 Å². The number of hydrogen-bond acceptors (Lipinski definition) is 5. The van der Waals surface area contributed by atoms with E-state index in [1.54, 1.807) is 12.1 Å². The molecule has 0 aliphatic carbocycles. The third-order valence-corrected chi connectivity index (χ3v) is 1.91. The Morgan fingerprint density at radius 2 is 1.73 bits per heavy atom. The minimum absolute atomic E-state index is 0. The summed E-state index contributed by atoms with van der Waals surface area (Å²) in [4.78, 5) is 10.3. The number of hydrogen-bond donors (Lipinski definition) is 4. The number of quaternary nitrogens is 1. The van der Waals surface area contributed by atoms with Gasteiger partial charge in [-0.15, -0.1) is 0 Å². The van der Waals surface area contributed by atoms with Gasteiger partial charge in [-0.1, -0.05) is 12.1 Å². The zero-order chi connectivity index (χ0) is 17.1. The number of para-hydroxylation sites is 1. The minimum Gasteiger partial charge on any atom is -1.00 e. The molecule has 0 saturated carbocycles. The van der Waals surface area contributed by atoms with Gasteiger partial charge in [0.2, 0.25) is 0 Å². The van der Waals surface area contributed by atoms with Crippen molar-refractivity contribution in [3.63, 3.8) is 0 Å². The van der Waals surface area contributed by atoms with Gasteiger partial charge in [-0.25, -0.2) is 9.00 Å². The predicted molar refractivity (Wildman–Crippen MR) is 77.7 cm³/mol. The first kappa shape index (κ1) is 26.4. The summed E-state index contributed by atoms with van der Waals surface area (Å²) in [7, 11) is 6.16. The smallest absolute Gasteiger partial charge is 1.00 e. The topological polar surface area (TPSA) is 138 Å². The van der Waals surface area contributed by atoms with E-state index >= 15 is 0 Å². The monoisotopic (exact) mass is 347 g/mol. The number of nitrogens with zero attached hydrogens (tertiary/aromatic N) is 1. The maximum absolute atomic E-state index is 10.3. The number of carboxylic acid groups (broad SMARTS) is 1. The second kappa shape index (κ2) is 14.1. The van der Waals surface area contributed by atoms with Crippen LogP contribution in [0.1, 0.15) is 11.8 Å². The van der Waals surface area contributed by atoms with Crippen LogP contribution in [0.25, 0.3) is 0 Å². The summed E-state index contributed by atoms with van der Waals surface area (Å²) in [6, 6.07) is 5.81. The molecule has 0 aromatic heterocycles. The third-order valence-electron chi connectivity index (χ3n) is 1.91. The van der Waals surface area contributed by atoms with E-state index in [4.69, 9.17) is 28.6 Å². The molecule has 22 heavy (non-hydrogen) atoms. The van der Waals surface area contributed by atoms with Gasteiger partial charge in [0.05, 0.1) is 39.1 Å². The first-order valence-electron chi connectivity index (χ1n) is 5.72. The van der Waals surface area contributed by atoms with Crippen LogP contribution in [-0.4, -0.2) is 73.4 Å². The number of carbonyl (C=O) groups is 1. The van der Waals surface area contributed by atoms with Crippen molar-refractivity contribution >= 4 is 17.3 Å². The van der Waals surface area contributed by atoms with Crippen LogP contribution in [0.2, 0.25) is 0 Å². The maximum Gasteiger partial charge on any atom is 1.00 e. The van der Waals surface area contributed by atoms with Crippen LogP contribution in [0.15, 0.2) is 24.3 Å². The zero-order valence-electron chi connectivity index (χ0n) is 14.1. The van der Waals surface area contributed by atoms with Crippen molar-refractivity contribution in [3.8, 4) is 5.75 Å². The predicted octanol–water partition coefficient (Wildman–Crippen LogP) is -2.77. The van der Waals surface area contributed by atoms with E-state index in [0.717, 1.165) is 11.0 Å². The molecular weight excluding hydrogens is 325 g/mol. The van der Waals surface area contributed by atoms with Gasteiger partial charge in [-0.3, -0.25) is 0 Å². The molecule has 0 fully saturated rings. The quantitative estimate of drug-likeness (QED) is 0.264. The van der Waals surface area contributed by atoms with Gasteiger partial charge in [-0.05, 0) is 12.1 Å². The number of benzene rings is 1. The summed E-state index contributed by atoms with van der Waals surface area (Å²) in [5, 5.41) is 25.7. The molecule has 1 aromatic carbocycles. The Bertz CT molecular complexity index is 453. The van der Waals surface area contributed by atoms with Crippen LogP contribution >= 0.6 is 0 Å². The third kappa shape index (κ3) is 19.5. The fourth-order valence-electron chi connectivity index (χ4n) is 0.954. The SMILES string of the molecule is C[N+](C)(C)CCO.O=C(O)c1ccccc1O.O=S([O-])O.[H-].[Na+]. The van der Waals surface area contributed by atoms with Crippen LogP contribution in [-0.2, 0) is 11.4 Å². The normalized spacial score (nSPS) is 10.8. The molecule has 0 radical (unpaired) electrons. The van der Waals surface area contributed by atoms with E-state index < -0.39 is 17.3 Å². The van der Waals surface area contributed by atoms with E-state index in [0.29, 0.717) is 0 Å². The summed E-state index contributed by atoms with van der Waals surface area (Å²) in [6.07, 6.45) is 0. The molecule has 0 spiro atoms. The molecule has 1 unspecified atom stereocenters. The Morgan fingerprint density at radius 1 is 1.32 bits per heavy atom. The Balaban J connectivity index is -0.000000124. The first-order valence-corrected chi connectivity index (χ1v) is 6.75. The van der Waals surface area contributed by atoms with Gasteiger partial charge >= 0.3 is 35.5 Å². The average Bonchev–Trinajstić information content (AvgIpc) is 2.27. The molecule has 0 amide bonds. The summed E-state index contributed by atoms with van der Waals surface area (Å²) in [5.74, 6) is -1.31. The fraction of sp³-hybridized carbons (Fsp3) is 0.417. The van der Waals surface area contributed by atoms with Crippen LogP contribution in [0.3, 0.4) is 0 Å². The molecule has 0 saturated heterocycles. The Labute approximate surface area is 155 Å². The summed E-state index contributed by atoms with van der Waals surface area (Å²) < 4.78 is 24.9. The van der Waals surface area contributed by atoms with Crippen molar-refractivity contribution < 1.29 is 68.9 Å². The van der Waals surface area contributed by atoms with E-state index in [-0.39, 0.29) is 48.9 Å². The molecule has 4 N–H and O–H groups in total. The Hall–Kier alpha value is -0.520. The van der Waals surface area contributed by atoms with Crippen LogP contribution < -0.4 is 29.6 Å². The van der Waals surface area contributed by atoms with Crippen LogP contribution in [0.5, 0.6) is 5.75 Å². The van der Waals surface area contributed by atoms with Crippen molar-refractivity contribution in [2.75, 3.05) is 34.3 Å². The van der Waals surface area contributed by atoms with Gasteiger partial charge in [0, 0.05) is 0 Å². The molecule has 0 heterocycles. The Kier molecular flexibility index (Phi) is 16.9. The number of phenols is 1. The molecule has 0 bridgehead atoms. The Morgan fingerprint density at radius 3 is 1.91 bits per heavy atom. The fourth-order valence-corrected chi connectivity index (χ4v) is 0.954. The van der Waals surface area contributed by atoms with Crippen LogP contribution in [0.4, 0.5) is 0 Å². The number of aliphatic hydroxyl groups is 1. The second-order valence-electron chi connectivity index (χ2n) is 4.78. The molecule has 0 aliphatic heterocycles. The molecule has 1 rings (SSSR count). The first-order chi connectivity index (χ1) is 9.51. The van der Waals surface area contributed by atoms with Crippen LogP contribution in [0, 0.1) is 0 Å². The molecule has 8 nitrogen and oxygen atoms in total. The van der Waals surface area contributed by atoms with E-state index in [1.807, 2.05) is 0 Å². The van der Waals surface area contributed by atoms with Crippen molar-refractivity contribution in [2.45, 2.75) is 0 Å². The number of aromatic hydroxyl groups is 1. The summed E-state index contributed by atoms with van der Waals surface area (Å²) >= 11 is -2.86. The molecule has 0 aliphatic rings. The zero-order valence-corrected chi connectivity index (χ0v) is 15.9. The molecular formula is C12H22NNaO7S. The number of likely N-dealkylation sites (N-methyl/N-ethyl adjacent to an activating group) is 1. The van der Waals surface area contributed by atoms with E-state index in [9.17, 15) is 4.79 Å². The average molecular weight is 347 g/mol. The minimum atomic E-state index is -2.86. The number of rotatable bonds is 3. The van der Waals surface area contributed by atoms with Crippen molar-refractivity contribution in [1.29, 1.82) is 0 Å². The second-order valence-corrected chi connectivity index (χ2v) is 5.21. The number of aliphatic hydroxyl groups excluding tert-OH is 1. The number of aromatic carboxylic acids is 1. The maximum atomic E-state index is 10.3. The van der Waals surface area contributed by atoms with E-state index in [2.05, 4.69) is 21.1 Å². The van der Waals surface area contributed by atoms with Gasteiger partial charge in [0.1, 0.15) is 17.9 Å². The molecule has 124 valence electrons.